The molecule has 0 radical (unpaired) electrons. The van der Waals surface area contributed by atoms with Gasteiger partial charge in [-0.1, -0.05) is 66.7 Å². The van der Waals surface area contributed by atoms with Gasteiger partial charge in [-0.25, -0.2) is 4.98 Å². The second kappa shape index (κ2) is 10.1. The molecule has 0 aliphatic carbocycles. The average molecular weight is 532 g/mol. The van der Waals surface area contributed by atoms with Gasteiger partial charge in [0.1, 0.15) is 0 Å². The fourth-order valence-corrected chi connectivity index (χ4v) is 4.89. The van der Waals surface area contributed by atoms with Crippen LogP contribution in [0.25, 0.3) is 32.4 Å². The maximum absolute atomic E-state index is 11.4. The van der Waals surface area contributed by atoms with Crippen LogP contribution in [-0.4, -0.2) is 23.8 Å². The maximum atomic E-state index is 11.4. The first kappa shape index (κ1) is 24.4. The number of para-hydroxylation sites is 1. The van der Waals surface area contributed by atoms with Gasteiger partial charge in [0.2, 0.25) is 5.84 Å². The Morgan fingerprint density at radius 1 is 0.718 bits per heavy atom. The second-order valence-corrected chi connectivity index (χ2v) is 10.2. The summed E-state index contributed by atoms with van der Waals surface area (Å²) in [6.45, 7) is 0. The molecule has 39 heavy (non-hydrogen) atoms. The first-order chi connectivity index (χ1) is 19.0. The van der Waals surface area contributed by atoms with Gasteiger partial charge in [0.15, 0.2) is 5.82 Å². The molecule has 1 aromatic heterocycles. The summed E-state index contributed by atoms with van der Waals surface area (Å²) in [6, 6.07) is 35.2. The van der Waals surface area contributed by atoms with Crippen molar-refractivity contribution in [1.82, 2.24) is 4.98 Å². The van der Waals surface area contributed by atoms with Crippen molar-refractivity contribution in [2.75, 3.05) is 5.43 Å². The van der Waals surface area contributed by atoms with E-state index in [0.717, 1.165) is 38.0 Å². The van der Waals surface area contributed by atoms with Crippen molar-refractivity contribution in [1.29, 1.82) is 0 Å². The number of amidine groups is 1. The van der Waals surface area contributed by atoms with Gasteiger partial charge in [-0.15, -0.1) is 10.2 Å². The van der Waals surface area contributed by atoms with Gasteiger partial charge in [-0.05, 0) is 70.1 Å². The Balaban J connectivity index is 1.49. The molecular weight excluding hydrogens is 510 g/mol. The molecule has 0 aliphatic rings. The van der Waals surface area contributed by atoms with Gasteiger partial charge in [-0.2, -0.15) is 13.5 Å². The van der Waals surface area contributed by atoms with Crippen LogP contribution in [0, 0.1) is 0 Å². The molecule has 0 aliphatic heterocycles. The molecule has 0 fully saturated rings. The standard InChI is InChI=1S/C30H21N5O3S/c36-39(37,38)24-16-14-23(15-17-24)32-34-30(35-33-28-18-13-20-7-3-6-12-27(20)31-28)29-25-10-4-1-8-21(25)19-22-9-2-5-11-26(22)29/h1-19,32H,(H,36,37,38)/b34-30+,35-33?. The van der Waals surface area contributed by atoms with Gasteiger partial charge in [-0.3, -0.25) is 9.98 Å². The monoisotopic (exact) mass is 531 g/mol. The van der Waals surface area contributed by atoms with Gasteiger partial charge >= 0.3 is 0 Å². The number of benzene rings is 5. The minimum absolute atomic E-state index is 0.209. The Morgan fingerprint density at radius 2 is 1.33 bits per heavy atom. The molecule has 8 nitrogen and oxygen atoms in total. The van der Waals surface area contributed by atoms with E-state index in [9.17, 15) is 13.0 Å². The number of rotatable bonds is 5. The van der Waals surface area contributed by atoms with Gasteiger partial charge in [0.05, 0.1) is 16.1 Å². The van der Waals surface area contributed by atoms with Crippen LogP contribution in [0.4, 0.5) is 11.5 Å². The number of fused-ring (bicyclic) bond motifs is 3. The summed E-state index contributed by atoms with van der Waals surface area (Å²) >= 11 is 0. The van der Waals surface area contributed by atoms with E-state index in [1.54, 1.807) is 6.07 Å². The van der Waals surface area contributed by atoms with E-state index in [-0.39, 0.29) is 4.90 Å². The summed E-state index contributed by atoms with van der Waals surface area (Å²) in [5, 5.41) is 18.5. The lowest BCUT2D eigenvalue weighted by Gasteiger charge is -2.11. The summed E-state index contributed by atoms with van der Waals surface area (Å²) in [6.07, 6.45) is 0. The lowest BCUT2D eigenvalue weighted by Crippen LogP contribution is -2.04. The summed E-state index contributed by atoms with van der Waals surface area (Å²) < 4.78 is 32.1. The van der Waals surface area contributed by atoms with E-state index in [0.29, 0.717) is 17.3 Å². The number of anilines is 1. The minimum Gasteiger partial charge on any atom is -0.282 e. The van der Waals surface area contributed by atoms with Gasteiger partial charge in [0.25, 0.3) is 10.1 Å². The number of hydrogen-bond donors (Lipinski definition) is 2. The zero-order valence-electron chi connectivity index (χ0n) is 20.4. The molecule has 6 aromatic rings. The summed E-state index contributed by atoms with van der Waals surface area (Å²) in [4.78, 5) is 4.39. The van der Waals surface area contributed by atoms with Crippen LogP contribution in [0.3, 0.4) is 0 Å². The average Bonchev–Trinajstić information content (AvgIpc) is 2.96. The van der Waals surface area contributed by atoms with Crippen molar-refractivity contribution >= 4 is 59.9 Å². The van der Waals surface area contributed by atoms with E-state index in [4.69, 9.17) is 0 Å². The van der Waals surface area contributed by atoms with Crippen LogP contribution in [0.1, 0.15) is 5.56 Å². The molecule has 0 bridgehead atoms. The van der Waals surface area contributed by atoms with Crippen LogP contribution in [0.5, 0.6) is 0 Å². The number of hydrazone groups is 1. The molecule has 0 unspecified atom stereocenters. The van der Waals surface area contributed by atoms with E-state index in [1.165, 1.54) is 24.3 Å². The van der Waals surface area contributed by atoms with Crippen molar-refractivity contribution in [2.45, 2.75) is 4.90 Å². The molecule has 0 saturated heterocycles. The zero-order chi connectivity index (χ0) is 26.8. The molecule has 0 atom stereocenters. The highest BCUT2D eigenvalue weighted by Crippen LogP contribution is 2.30. The molecular formula is C30H21N5O3S. The number of aromatic nitrogens is 1. The Morgan fingerprint density at radius 3 is 2.00 bits per heavy atom. The third kappa shape index (κ3) is 5.08. The lowest BCUT2D eigenvalue weighted by atomic mass is 9.96. The fourth-order valence-electron chi connectivity index (χ4n) is 4.41. The maximum Gasteiger partial charge on any atom is 0.294 e. The molecule has 5 aromatic carbocycles. The number of hydrogen-bond acceptors (Lipinski definition) is 6. The third-order valence-electron chi connectivity index (χ3n) is 6.27. The van der Waals surface area contributed by atoms with Crippen LogP contribution < -0.4 is 5.43 Å². The van der Waals surface area contributed by atoms with Crippen molar-refractivity contribution < 1.29 is 13.0 Å². The molecule has 2 N–H and O–H groups in total. The number of nitrogens with zero attached hydrogens (tertiary/aromatic N) is 4. The highest BCUT2D eigenvalue weighted by Gasteiger charge is 2.14. The van der Waals surface area contributed by atoms with Gasteiger partial charge in [0, 0.05) is 10.9 Å². The fraction of sp³-hybridized carbons (Fsp3) is 0. The molecule has 9 heteroatoms. The third-order valence-corrected chi connectivity index (χ3v) is 7.14. The van der Waals surface area contributed by atoms with E-state index in [2.05, 4.69) is 31.8 Å². The summed E-state index contributed by atoms with van der Waals surface area (Å²) in [5.74, 6) is 0.750. The molecule has 6 rings (SSSR count). The van der Waals surface area contributed by atoms with Crippen LogP contribution >= 0.6 is 0 Å². The largest absolute Gasteiger partial charge is 0.294 e. The SMILES string of the molecule is O=S(=O)(O)c1ccc(N/N=C(/N=Nc2ccc3ccccc3n2)c2c3ccccc3cc3ccccc23)cc1. The Hall–Kier alpha value is -4.99. The first-order valence-corrected chi connectivity index (χ1v) is 13.5. The minimum atomic E-state index is -4.30. The highest BCUT2D eigenvalue weighted by atomic mass is 32.2. The van der Waals surface area contributed by atoms with Crippen LogP contribution in [-0.2, 0) is 10.1 Å². The molecule has 1 heterocycles. The van der Waals surface area contributed by atoms with Crippen molar-refractivity contribution in [2.24, 2.45) is 15.3 Å². The molecule has 190 valence electrons. The van der Waals surface area contributed by atoms with Crippen molar-refractivity contribution in [3.63, 3.8) is 0 Å². The number of nitrogens with one attached hydrogen (secondary N) is 1. The number of pyridine rings is 1. The van der Waals surface area contributed by atoms with Gasteiger partial charge < -0.3 is 0 Å². The van der Waals surface area contributed by atoms with Crippen LogP contribution in [0.15, 0.2) is 135 Å². The second-order valence-electron chi connectivity index (χ2n) is 8.80. The predicted octanol–water partition coefficient (Wildman–Crippen LogP) is 7.35. The van der Waals surface area contributed by atoms with Crippen LogP contribution in [0.2, 0.25) is 0 Å². The summed E-state index contributed by atoms with van der Waals surface area (Å²) in [7, 11) is -4.30. The van der Waals surface area contributed by atoms with E-state index in [1.807, 2.05) is 78.9 Å². The molecule has 0 amide bonds. The first-order valence-electron chi connectivity index (χ1n) is 12.1. The Bertz CT molecular complexity index is 1970. The predicted molar refractivity (Wildman–Crippen MR) is 154 cm³/mol. The lowest BCUT2D eigenvalue weighted by molar-refractivity contribution is 0.483. The van der Waals surface area contributed by atoms with E-state index < -0.39 is 10.1 Å². The van der Waals surface area contributed by atoms with E-state index >= 15 is 0 Å². The van der Waals surface area contributed by atoms with Crippen molar-refractivity contribution in [3.05, 3.63) is 121 Å². The topological polar surface area (TPSA) is 116 Å². The highest BCUT2D eigenvalue weighted by molar-refractivity contribution is 7.85. The Kier molecular flexibility index (Phi) is 6.28. The quantitative estimate of drug-likeness (QED) is 0.0603. The summed E-state index contributed by atoms with van der Waals surface area (Å²) in [5.41, 5.74) is 5.05. The smallest absolute Gasteiger partial charge is 0.282 e. The molecule has 0 saturated carbocycles. The van der Waals surface area contributed by atoms with Crippen molar-refractivity contribution in [3.8, 4) is 0 Å². The zero-order valence-corrected chi connectivity index (χ0v) is 21.2. The number of azo groups is 1. The molecule has 0 spiro atoms. The Labute approximate surface area is 224 Å². The normalized spacial score (nSPS) is 12.5.